The minimum atomic E-state index is -0.900. The molecule has 1 atom stereocenters. The normalized spacial score (nSPS) is 11.6. The topological polar surface area (TPSA) is 65.0 Å². The van der Waals surface area contributed by atoms with E-state index in [-0.39, 0.29) is 0 Å². The number of ether oxygens (including phenoxy) is 3. The molecule has 1 N–H and O–H groups in total. The molecule has 2 aromatic rings. The average molecular weight is 316 g/mol. The van der Waals surface area contributed by atoms with Gasteiger partial charge < -0.3 is 19.3 Å². The van der Waals surface area contributed by atoms with Gasteiger partial charge in [0.15, 0.2) is 11.5 Å². The molecule has 0 fully saturated rings. The first kappa shape index (κ1) is 16.7. The summed E-state index contributed by atoms with van der Waals surface area (Å²) in [5.41, 5.74) is 1.56. The van der Waals surface area contributed by atoms with E-state index in [4.69, 9.17) is 14.2 Å². The molecule has 2 rings (SSSR count). The van der Waals surface area contributed by atoms with E-state index in [1.807, 2.05) is 30.3 Å². The molecule has 0 unspecified atom stereocenters. The molecule has 2 aromatic carbocycles. The molecule has 0 aliphatic rings. The Labute approximate surface area is 135 Å². The van der Waals surface area contributed by atoms with E-state index in [0.29, 0.717) is 29.2 Å². The minimum Gasteiger partial charge on any atom is -0.493 e. The molecule has 0 amide bonds. The Bertz CT molecular complexity index is 641. The van der Waals surface area contributed by atoms with E-state index in [0.717, 1.165) is 5.56 Å². The third-order valence-electron chi connectivity index (χ3n) is 3.67. The summed E-state index contributed by atoms with van der Waals surface area (Å²) in [5.74, 6) is -0.265. The maximum absolute atomic E-state index is 11.7. The summed E-state index contributed by atoms with van der Waals surface area (Å²) in [4.78, 5) is 11.7. The molecule has 5 nitrogen and oxygen atoms in total. The van der Waals surface area contributed by atoms with Crippen LogP contribution in [0.5, 0.6) is 17.2 Å². The number of hydrogen-bond acceptors (Lipinski definition) is 4. The van der Waals surface area contributed by atoms with Crippen LogP contribution in [0.4, 0.5) is 0 Å². The highest BCUT2D eigenvalue weighted by molar-refractivity contribution is 5.77. The molecule has 0 saturated heterocycles. The van der Waals surface area contributed by atoms with Gasteiger partial charge in [-0.2, -0.15) is 0 Å². The third-order valence-corrected chi connectivity index (χ3v) is 3.67. The monoisotopic (exact) mass is 316 g/mol. The largest absolute Gasteiger partial charge is 0.493 e. The van der Waals surface area contributed by atoms with Crippen molar-refractivity contribution >= 4 is 5.97 Å². The summed E-state index contributed by atoms with van der Waals surface area (Å²) in [6.45, 7) is 0. The lowest BCUT2D eigenvalue weighted by molar-refractivity contribution is -0.138. The van der Waals surface area contributed by atoms with E-state index < -0.39 is 11.9 Å². The first-order valence-electron chi connectivity index (χ1n) is 7.17. The van der Waals surface area contributed by atoms with Crippen LogP contribution in [0.2, 0.25) is 0 Å². The highest BCUT2D eigenvalue weighted by atomic mass is 16.5. The second-order valence-corrected chi connectivity index (χ2v) is 5.04. The predicted molar refractivity (Wildman–Crippen MR) is 86.6 cm³/mol. The lowest BCUT2D eigenvalue weighted by Gasteiger charge is -2.18. The second kappa shape index (κ2) is 7.54. The van der Waals surface area contributed by atoms with Crippen molar-refractivity contribution in [2.75, 3.05) is 21.3 Å². The maximum Gasteiger partial charge on any atom is 0.311 e. The lowest BCUT2D eigenvalue weighted by Crippen LogP contribution is -2.15. The molecule has 0 aliphatic carbocycles. The number of carbonyl (C=O) groups is 1. The van der Waals surface area contributed by atoms with Crippen LogP contribution in [-0.4, -0.2) is 32.4 Å². The Balaban J connectivity index is 2.45. The van der Waals surface area contributed by atoms with Crippen LogP contribution in [-0.2, 0) is 11.2 Å². The molecule has 0 heterocycles. The van der Waals surface area contributed by atoms with Crippen LogP contribution in [0.25, 0.3) is 0 Å². The van der Waals surface area contributed by atoms with Gasteiger partial charge >= 0.3 is 5.97 Å². The number of benzene rings is 2. The lowest BCUT2D eigenvalue weighted by atomic mass is 9.91. The van der Waals surface area contributed by atoms with Crippen LogP contribution in [0, 0.1) is 0 Å². The van der Waals surface area contributed by atoms with E-state index in [9.17, 15) is 9.90 Å². The fourth-order valence-corrected chi connectivity index (χ4v) is 2.50. The SMILES string of the molecule is COc1cc([C@H](Cc2ccccc2)C(=O)O)cc(OC)c1OC. The number of rotatable bonds is 7. The molecular formula is C18H20O5. The standard InChI is InChI=1S/C18H20O5/c1-21-15-10-13(11-16(22-2)17(15)23-3)14(18(19)20)9-12-7-5-4-6-8-12/h4-8,10-11,14H,9H2,1-3H3,(H,19,20)/t14-/m0/s1. The van der Waals surface area contributed by atoms with E-state index in [2.05, 4.69) is 0 Å². The van der Waals surface area contributed by atoms with Gasteiger partial charge in [0.05, 0.1) is 27.2 Å². The van der Waals surface area contributed by atoms with Crippen molar-refractivity contribution in [3.8, 4) is 17.2 Å². The molecule has 23 heavy (non-hydrogen) atoms. The first-order chi connectivity index (χ1) is 11.1. The number of hydrogen-bond donors (Lipinski definition) is 1. The smallest absolute Gasteiger partial charge is 0.311 e. The van der Waals surface area contributed by atoms with Crippen LogP contribution in [0.15, 0.2) is 42.5 Å². The van der Waals surface area contributed by atoms with Crippen LogP contribution in [0.3, 0.4) is 0 Å². The minimum absolute atomic E-state index is 0.384. The maximum atomic E-state index is 11.7. The summed E-state index contributed by atoms with van der Waals surface area (Å²) in [7, 11) is 4.53. The van der Waals surface area contributed by atoms with E-state index in [1.165, 1.54) is 21.3 Å². The Morgan fingerprint density at radius 1 is 1.00 bits per heavy atom. The van der Waals surface area contributed by atoms with Crippen molar-refractivity contribution < 1.29 is 24.1 Å². The Morgan fingerprint density at radius 3 is 2.00 bits per heavy atom. The third kappa shape index (κ3) is 3.74. The van der Waals surface area contributed by atoms with Crippen LogP contribution in [0.1, 0.15) is 17.0 Å². The van der Waals surface area contributed by atoms with Gasteiger partial charge in [0.25, 0.3) is 0 Å². The van der Waals surface area contributed by atoms with Gasteiger partial charge in [-0.15, -0.1) is 0 Å². The number of carboxylic acid groups (broad SMARTS) is 1. The Morgan fingerprint density at radius 2 is 1.57 bits per heavy atom. The predicted octanol–water partition coefficient (Wildman–Crippen LogP) is 3.12. The van der Waals surface area contributed by atoms with Gasteiger partial charge in [-0.05, 0) is 29.7 Å². The molecule has 0 aromatic heterocycles. The zero-order chi connectivity index (χ0) is 16.8. The summed E-state index contributed by atoms with van der Waals surface area (Å²) < 4.78 is 15.9. The molecule has 122 valence electrons. The molecule has 0 saturated carbocycles. The van der Waals surface area contributed by atoms with Crippen molar-refractivity contribution in [2.24, 2.45) is 0 Å². The molecule has 0 radical (unpaired) electrons. The Hall–Kier alpha value is -2.69. The number of methoxy groups -OCH3 is 3. The van der Waals surface area contributed by atoms with Gasteiger partial charge in [0.2, 0.25) is 5.75 Å². The van der Waals surface area contributed by atoms with Crippen molar-refractivity contribution in [3.05, 3.63) is 53.6 Å². The quantitative estimate of drug-likeness (QED) is 0.850. The van der Waals surface area contributed by atoms with E-state index in [1.54, 1.807) is 12.1 Å². The van der Waals surface area contributed by atoms with Crippen molar-refractivity contribution in [2.45, 2.75) is 12.3 Å². The highest BCUT2D eigenvalue weighted by Crippen LogP contribution is 2.40. The van der Waals surface area contributed by atoms with Gasteiger partial charge in [-0.1, -0.05) is 30.3 Å². The molecule has 0 bridgehead atoms. The van der Waals surface area contributed by atoms with Gasteiger partial charge in [0, 0.05) is 0 Å². The van der Waals surface area contributed by atoms with Crippen molar-refractivity contribution in [3.63, 3.8) is 0 Å². The highest BCUT2D eigenvalue weighted by Gasteiger charge is 2.24. The molecular weight excluding hydrogens is 296 g/mol. The first-order valence-corrected chi connectivity index (χ1v) is 7.17. The number of carboxylic acids is 1. The van der Waals surface area contributed by atoms with Crippen LogP contribution < -0.4 is 14.2 Å². The van der Waals surface area contributed by atoms with Crippen LogP contribution >= 0.6 is 0 Å². The fourth-order valence-electron chi connectivity index (χ4n) is 2.50. The van der Waals surface area contributed by atoms with E-state index >= 15 is 0 Å². The fraction of sp³-hybridized carbons (Fsp3) is 0.278. The summed E-state index contributed by atoms with van der Waals surface area (Å²) in [6.07, 6.45) is 0.384. The van der Waals surface area contributed by atoms with Gasteiger partial charge in [-0.3, -0.25) is 4.79 Å². The zero-order valence-electron chi connectivity index (χ0n) is 13.4. The van der Waals surface area contributed by atoms with Crippen molar-refractivity contribution in [1.82, 2.24) is 0 Å². The molecule has 0 aliphatic heterocycles. The van der Waals surface area contributed by atoms with Gasteiger partial charge in [0.1, 0.15) is 0 Å². The molecule has 5 heteroatoms. The summed E-state index contributed by atoms with van der Waals surface area (Å²) in [5, 5.41) is 9.63. The average Bonchev–Trinajstić information content (AvgIpc) is 2.58. The van der Waals surface area contributed by atoms with Gasteiger partial charge in [-0.25, -0.2) is 0 Å². The number of aliphatic carboxylic acids is 1. The summed E-state index contributed by atoms with van der Waals surface area (Å²) in [6, 6.07) is 12.9. The molecule has 0 spiro atoms. The summed E-state index contributed by atoms with van der Waals surface area (Å²) >= 11 is 0. The van der Waals surface area contributed by atoms with Crippen molar-refractivity contribution in [1.29, 1.82) is 0 Å². The second-order valence-electron chi connectivity index (χ2n) is 5.04. The Kier molecular flexibility index (Phi) is 5.46. The zero-order valence-corrected chi connectivity index (χ0v) is 13.4.